The van der Waals surface area contributed by atoms with E-state index in [1.807, 2.05) is 122 Å². The van der Waals surface area contributed by atoms with Gasteiger partial charge in [-0.3, -0.25) is 5.41 Å². The lowest BCUT2D eigenvalue weighted by Gasteiger charge is -2.07. The van der Waals surface area contributed by atoms with Crippen LogP contribution in [0.25, 0.3) is 102 Å². The topological polar surface area (TPSA) is 74.8 Å². The number of fused-ring (bicyclic) bond motifs is 10. The molecule has 0 aliphatic heterocycles. The van der Waals surface area contributed by atoms with Gasteiger partial charge in [0.2, 0.25) is 0 Å². The minimum atomic E-state index is 0.120. The number of rotatable bonds is 7. The highest BCUT2D eigenvalue weighted by atomic mass is 32.1. The summed E-state index contributed by atoms with van der Waals surface area (Å²) < 4.78 is 16.6. The molecule has 0 fully saturated rings. The highest BCUT2D eigenvalue weighted by Gasteiger charge is 2.19. The number of benzene rings is 8. The minimum absolute atomic E-state index is 0.120. The molecule has 0 unspecified atom stereocenters. The molecule has 0 aliphatic carbocycles. The summed E-state index contributed by atoms with van der Waals surface area (Å²) in [5.41, 5.74) is 11.6. The summed E-state index contributed by atoms with van der Waals surface area (Å²) in [6.45, 7) is 8.34. The van der Waals surface area contributed by atoms with Gasteiger partial charge in [-0.15, -0.1) is 22.7 Å². The Labute approximate surface area is 396 Å². The second-order valence-electron chi connectivity index (χ2n) is 16.2. The molecule has 0 radical (unpaired) electrons. The van der Waals surface area contributed by atoms with Gasteiger partial charge in [-0.25, -0.2) is 9.98 Å². The minimum Gasteiger partial charge on any atom is -0.456 e. The van der Waals surface area contributed by atoms with Crippen LogP contribution in [0.5, 0.6) is 0 Å². The molecule has 8 aromatic carbocycles. The quantitative estimate of drug-likeness (QED) is 0.128. The Bertz CT molecular complexity index is 3970. The van der Waals surface area contributed by atoms with E-state index in [2.05, 4.69) is 111 Å². The molecule has 0 saturated heterocycles. The summed E-state index contributed by atoms with van der Waals surface area (Å²) in [6.07, 6.45) is 7.26. The van der Waals surface area contributed by atoms with Gasteiger partial charge in [0.05, 0.1) is 0 Å². The molecular formula is C60H45N3O2S2. The molecule has 4 heterocycles. The van der Waals surface area contributed by atoms with Gasteiger partial charge < -0.3 is 8.83 Å². The fourth-order valence-electron chi connectivity index (χ4n) is 9.32. The molecule has 0 saturated carbocycles. The maximum absolute atomic E-state index is 8.97. The number of para-hydroxylation sites is 1. The molecule has 12 aromatic rings. The van der Waals surface area contributed by atoms with Crippen molar-refractivity contribution in [3.8, 4) is 22.3 Å². The molecule has 7 heteroatoms. The van der Waals surface area contributed by atoms with Crippen molar-refractivity contribution >= 4 is 121 Å². The number of nitrogens with one attached hydrogen (secondary N) is 1. The SMILES string of the molecule is C/C=C\c1c(CC)sc2cc(-c3cccc4c3sc3cccc(-c5ccc6oc7cccc(C=NC(=NC(=N)c8ccccc8)c8ccc9c(c8)oc8ccccc89)c7c6c5)c34)ccc12.CC. The largest absolute Gasteiger partial charge is 0.456 e. The van der Waals surface area contributed by atoms with Crippen LogP contribution < -0.4 is 0 Å². The second-order valence-corrected chi connectivity index (χ2v) is 18.4. The van der Waals surface area contributed by atoms with E-state index in [4.69, 9.17) is 24.2 Å². The van der Waals surface area contributed by atoms with E-state index in [-0.39, 0.29) is 5.84 Å². The maximum atomic E-state index is 8.97. The van der Waals surface area contributed by atoms with E-state index < -0.39 is 0 Å². The Hall–Kier alpha value is -7.71. The Kier molecular flexibility index (Phi) is 11.0. The fourth-order valence-corrected chi connectivity index (χ4v) is 11.8. The van der Waals surface area contributed by atoms with Gasteiger partial charge in [0.15, 0.2) is 11.7 Å². The number of amidine groups is 2. The lowest BCUT2D eigenvalue weighted by atomic mass is 9.96. The fraction of sp³-hybridized carbons (Fsp3) is 0.0833. The van der Waals surface area contributed by atoms with Crippen molar-refractivity contribution in [1.82, 2.24) is 0 Å². The number of furan rings is 2. The number of hydrogen-bond donors (Lipinski definition) is 1. The Morgan fingerprint density at radius 2 is 1.27 bits per heavy atom. The Morgan fingerprint density at radius 3 is 2.13 bits per heavy atom. The van der Waals surface area contributed by atoms with Crippen LogP contribution >= 0.6 is 22.7 Å². The van der Waals surface area contributed by atoms with Crippen molar-refractivity contribution in [2.75, 3.05) is 0 Å². The van der Waals surface area contributed by atoms with E-state index in [0.717, 1.165) is 67.0 Å². The van der Waals surface area contributed by atoms with Gasteiger partial charge in [-0.2, -0.15) is 0 Å². The molecule has 12 rings (SSSR count). The van der Waals surface area contributed by atoms with E-state index >= 15 is 0 Å². The van der Waals surface area contributed by atoms with Crippen LogP contribution in [-0.2, 0) is 6.42 Å². The van der Waals surface area contributed by atoms with Crippen LogP contribution in [0.2, 0.25) is 0 Å². The van der Waals surface area contributed by atoms with Crippen molar-refractivity contribution in [3.63, 3.8) is 0 Å². The van der Waals surface area contributed by atoms with Gasteiger partial charge >= 0.3 is 0 Å². The third kappa shape index (κ3) is 7.37. The molecule has 0 aliphatic rings. The van der Waals surface area contributed by atoms with Gasteiger partial charge in [0.1, 0.15) is 22.3 Å². The van der Waals surface area contributed by atoms with Gasteiger partial charge in [-0.05, 0) is 95.1 Å². The first-order valence-corrected chi connectivity index (χ1v) is 24.4. The normalized spacial score (nSPS) is 12.3. The standard InChI is InChI=1S/C58H39N3O2S2.C2H6/c1-3-13-43-44-28-24-36(32-53(44)64-51(43)4-2)40-19-11-20-45-55-39(18-12-23-52(55)65-56(40)45)35-26-29-48-46(30-35)54-38(16-10-22-49(54)62-48)33-60-58(61-57(59)34-14-6-5-7-15-34)37-25-27-42-41-17-8-9-21-47(41)63-50(42)31-37;1-2/h3,5-33,59H,4H2,1-2H3;1-2H3/b13-3-,59-57?,60-33?,61-58?;. The molecule has 0 bridgehead atoms. The number of hydrogen-bond acceptors (Lipinski definition) is 5. The van der Waals surface area contributed by atoms with Crippen LogP contribution in [0, 0.1) is 5.41 Å². The first-order valence-electron chi connectivity index (χ1n) is 22.8. The van der Waals surface area contributed by atoms with E-state index in [9.17, 15) is 0 Å². The Balaban J connectivity index is 0.00000244. The van der Waals surface area contributed by atoms with Crippen molar-refractivity contribution < 1.29 is 8.83 Å². The van der Waals surface area contributed by atoms with Crippen LogP contribution in [0.15, 0.2) is 189 Å². The summed E-state index contributed by atoms with van der Waals surface area (Å²) in [5.74, 6) is 0.524. The lowest BCUT2D eigenvalue weighted by Crippen LogP contribution is -2.04. The highest BCUT2D eigenvalue weighted by molar-refractivity contribution is 7.26. The maximum Gasteiger partial charge on any atom is 0.161 e. The van der Waals surface area contributed by atoms with Crippen molar-refractivity contribution in [2.24, 2.45) is 9.98 Å². The Morgan fingerprint density at radius 1 is 0.567 bits per heavy atom. The van der Waals surface area contributed by atoms with Gasteiger partial charge in [0, 0.05) is 74.2 Å². The van der Waals surface area contributed by atoms with Crippen LogP contribution in [0.4, 0.5) is 0 Å². The van der Waals surface area contributed by atoms with E-state index in [1.54, 1.807) is 0 Å². The second kappa shape index (κ2) is 17.6. The average Bonchev–Trinajstić information content (AvgIpc) is 4.15. The first kappa shape index (κ1) is 42.0. The first-order chi connectivity index (χ1) is 33.0. The summed E-state index contributed by atoms with van der Waals surface area (Å²) in [4.78, 5) is 11.3. The smallest absolute Gasteiger partial charge is 0.161 e. The van der Waals surface area contributed by atoms with Crippen LogP contribution in [-0.4, -0.2) is 17.9 Å². The molecule has 67 heavy (non-hydrogen) atoms. The van der Waals surface area contributed by atoms with Gasteiger partial charge in [-0.1, -0.05) is 148 Å². The average molecular weight is 904 g/mol. The summed E-state index contributed by atoms with van der Waals surface area (Å²) in [5, 5.41) is 16.9. The predicted molar refractivity (Wildman–Crippen MR) is 289 cm³/mol. The molecule has 0 atom stereocenters. The van der Waals surface area contributed by atoms with Crippen LogP contribution in [0.3, 0.4) is 0 Å². The molecule has 4 aromatic heterocycles. The number of aliphatic imine (C=N–C) groups is 2. The molecule has 324 valence electrons. The monoisotopic (exact) mass is 903 g/mol. The van der Waals surface area contributed by atoms with Crippen molar-refractivity contribution in [3.05, 3.63) is 197 Å². The zero-order chi connectivity index (χ0) is 45.6. The third-order valence-corrected chi connectivity index (χ3v) is 14.9. The summed E-state index contributed by atoms with van der Waals surface area (Å²) in [7, 11) is 0. The number of thiophene rings is 2. The molecule has 1 N–H and O–H groups in total. The molecule has 0 amide bonds. The number of allylic oxidation sites excluding steroid dienone is 1. The zero-order valence-corrected chi connectivity index (χ0v) is 39.2. The summed E-state index contributed by atoms with van der Waals surface area (Å²) >= 11 is 3.77. The summed E-state index contributed by atoms with van der Waals surface area (Å²) in [6, 6.07) is 56.5. The molecular weight excluding hydrogens is 859 g/mol. The third-order valence-electron chi connectivity index (χ3n) is 12.4. The van der Waals surface area contributed by atoms with Crippen molar-refractivity contribution in [2.45, 2.75) is 34.1 Å². The number of aryl methyl sites for hydroxylation is 1. The van der Waals surface area contributed by atoms with Crippen LogP contribution in [0.1, 0.15) is 54.8 Å². The van der Waals surface area contributed by atoms with E-state index in [0.29, 0.717) is 11.4 Å². The lowest BCUT2D eigenvalue weighted by molar-refractivity contribution is 0.668. The van der Waals surface area contributed by atoms with Gasteiger partial charge in [0.25, 0.3) is 0 Å². The van der Waals surface area contributed by atoms with E-state index in [1.165, 1.54) is 57.4 Å². The molecule has 0 spiro atoms. The van der Waals surface area contributed by atoms with Crippen molar-refractivity contribution in [1.29, 1.82) is 5.41 Å². The predicted octanol–water partition coefficient (Wildman–Crippen LogP) is 17.9. The molecule has 5 nitrogen and oxygen atoms in total. The zero-order valence-electron chi connectivity index (χ0n) is 37.6. The number of nitrogens with zero attached hydrogens (tertiary/aromatic N) is 2. The highest BCUT2D eigenvalue weighted by Crippen LogP contribution is 2.46.